The van der Waals surface area contributed by atoms with Crippen LogP contribution < -0.4 is 5.73 Å². The van der Waals surface area contributed by atoms with Crippen LogP contribution in [0.5, 0.6) is 0 Å². The van der Waals surface area contributed by atoms with Gasteiger partial charge >= 0.3 is 0 Å². The summed E-state index contributed by atoms with van der Waals surface area (Å²) in [7, 11) is 1.86. The Morgan fingerprint density at radius 1 is 0.815 bits per heavy atom. The Kier molecular flexibility index (Phi) is 4.79. The number of hydrogen-bond acceptors (Lipinski definition) is 2. The second-order valence-electron chi connectivity index (χ2n) is 8.03. The zero-order valence-corrected chi connectivity index (χ0v) is 16.4. The SMILES string of the molecule is COC1(c2ccccc2C(C)(N)c2cccc3ccccc23)CCCCC1. The van der Waals surface area contributed by atoms with Gasteiger partial charge in [0.25, 0.3) is 0 Å². The monoisotopic (exact) mass is 359 g/mol. The number of nitrogens with two attached hydrogens (primary N) is 1. The minimum absolute atomic E-state index is 0.222. The van der Waals surface area contributed by atoms with Gasteiger partial charge in [0.1, 0.15) is 0 Å². The minimum atomic E-state index is -0.597. The molecule has 2 heteroatoms. The van der Waals surface area contributed by atoms with Crippen molar-refractivity contribution >= 4 is 10.8 Å². The molecule has 0 amide bonds. The summed E-state index contributed by atoms with van der Waals surface area (Å²) in [6, 6.07) is 23.5. The quantitative estimate of drug-likeness (QED) is 0.632. The predicted molar refractivity (Wildman–Crippen MR) is 113 cm³/mol. The third-order valence-electron chi connectivity index (χ3n) is 6.38. The van der Waals surface area contributed by atoms with E-state index >= 15 is 0 Å². The molecule has 3 aromatic carbocycles. The van der Waals surface area contributed by atoms with Gasteiger partial charge in [-0.05, 0) is 47.2 Å². The summed E-state index contributed by atoms with van der Waals surface area (Å²) < 4.78 is 6.17. The molecule has 0 heterocycles. The largest absolute Gasteiger partial charge is 0.374 e. The number of ether oxygens (including phenoxy) is 1. The third kappa shape index (κ3) is 3.07. The van der Waals surface area contributed by atoms with E-state index in [-0.39, 0.29) is 5.60 Å². The molecule has 0 bridgehead atoms. The number of benzene rings is 3. The number of methoxy groups -OCH3 is 1. The standard InChI is InChI=1S/C25H29NO/c1-24(26,21-16-10-12-19-11-4-5-13-20(19)21)22-14-6-7-15-23(22)25(27-2)17-8-3-9-18-25/h4-7,10-16H,3,8-9,17-18,26H2,1-2H3. The lowest BCUT2D eigenvalue weighted by Crippen LogP contribution is -2.40. The van der Waals surface area contributed by atoms with E-state index in [9.17, 15) is 0 Å². The maximum Gasteiger partial charge on any atom is 0.0931 e. The molecule has 140 valence electrons. The summed E-state index contributed by atoms with van der Waals surface area (Å²) in [6.45, 7) is 2.14. The van der Waals surface area contributed by atoms with Gasteiger partial charge in [-0.2, -0.15) is 0 Å². The predicted octanol–water partition coefficient (Wildman–Crippen LogP) is 5.87. The van der Waals surface area contributed by atoms with Gasteiger partial charge in [-0.1, -0.05) is 86.0 Å². The highest BCUT2D eigenvalue weighted by Gasteiger charge is 2.39. The summed E-state index contributed by atoms with van der Waals surface area (Å²) >= 11 is 0. The topological polar surface area (TPSA) is 35.2 Å². The van der Waals surface area contributed by atoms with E-state index in [1.54, 1.807) is 0 Å². The van der Waals surface area contributed by atoms with Gasteiger partial charge < -0.3 is 10.5 Å². The van der Waals surface area contributed by atoms with E-state index in [4.69, 9.17) is 10.5 Å². The van der Waals surface area contributed by atoms with Crippen molar-refractivity contribution < 1.29 is 4.74 Å². The summed E-state index contributed by atoms with van der Waals surface area (Å²) in [5.41, 5.74) is 9.86. The molecule has 1 fully saturated rings. The van der Waals surface area contributed by atoms with E-state index in [1.807, 2.05) is 7.11 Å². The fourth-order valence-corrected chi connectivity index (χ4v) is 4.86. The van der Waals surface area contributed by atoms with Crippen LogP contribution in [-0.4, -0.2) is 7.11 Å². The molecular formula is C25H29NO. The van der Waals surface area contributed by atoms with E-state index in [0.29, 0.717) is 0 Å². The Labute approximate surface area is 162 Å². The van der Waals surface area contributed by atoms with Crippen LogP contribution >= 0.6 is 0 Å². The zero-order valence-electron chi connectivity index (χ0n) is 16.4. The first kappa shape index (κ1) is 18.2. The molecule has 3 aromatic rings. The van der Waals surface area contributed by atoms with E-state index in [2.05, 4.69) is 73.7 Å². The van der Waals surface area contributed by atoms with Crippen molar-refractivity contribution in [1.82, 2.24) is 0 Å². The lowest BCUT2D eigenvalue weighted by atomic mass is 9.72. The van der Waals surface area contributed by atoms with E-state index in [0.717, 1.165) is 18.4 Å². The first-order valence-corrected chi connectivity index (χ1v) is 10.0. The highest BCUT2D eigenvalue weighted by atomic mass is 16.5. The zero-order chi connectivity index (χ0) is 18.9. The van der Waals surface area contributed by atoms with Crippen LogP contribution in [0.15, 0.2) is 66.7 Å². The highest BCUT2D eigenvalue weighted by molar-refractivity contribution is 5.87. The van der Waals surface area contributed by atoms with Crippen molar-refractivity contribution in [1.29, 1.82) is 0 Å². The van der Waals surface area contributed by atoms with E-state index < -0.39 is 5.54 Å². The lowest BCUT2D eigenvalue weighted by molar-refractivity contribution is -0.0456. The molecular weight excluding hydrogens is 330 g/mol. The fraction of sp³-hybridized carbons (Fsp3) is 0.360. The number of rotatable bonds is 4. The Bertz CT molecular complexity index is 932. The average molecular weight is 360 g/mol. The first-order chi connectivity index (χ1) is 13.1. The smallest absolute Gasteiger partial charge is 0.0931 e. The second kappa shape index (κ2) is 7.10. The van der Waals surface area contributed by atoms with Crippen LogP contribution in [-0.2, 0) is 15.9 Å². The molecule has 2 nitrogen and oxygen atoms in total. The van der Waals surface area contributed by atoms with Gasteiger partial charge in [-0.15, -0.1) is 0 Å². The van der Waals surface area contributed by atoms with Gasteiger partial charge in [0.05, 0.1) is 11.1 Å². The Hall–Kier alpha value is -2.16. The molecule has 0 saturated heterocycles. The molecule has 1 aliphatic rings. The molecule has 1 atom stereocenters. The van der Waals surface area contributed by atoms with Crippen LogP contribution in [0.4, 0.5) is 0 Å². The van der Waals surface area contributed by atoms with E-state index in [1.165, 1.54) is 41.2 Å². The molecule has 0 spiro atoms. The molecule has 1 unspecified atom stereocenters. The van der Waals surface area contributed by atoms with Crippen molar-refractivity contribution in [3.05, 3.63) is 83.4 Å². The van der Waals surface area contributed by atoms with Crippen LogP contribution in [0, 0.1) is 0 Å². The minimum Gasteiger partial charge on any atom is -0.374 e. The van der Waals surface area contributed by atoms with Crippen molar-refractivity contribution in [2.75, 3.05) is 7.11 Å². The van der Waals surface area contributed by atoms with Crippen LogP contribution in [0.3, 0.4) is 0 Å². The summed E-state index contributed by atoms with van der Waals surface area (Å²) in [4.78, 5) is 0. The Balaban J connectivity index is 1.90. The first-order valence-electron chi connectivity index (χ1n) is 10.0. The van der Waals surface area contributed by atoms with Gasteiger partial charge in [-0.3, -0.25) is 0 Å². The van der Waals surface area contributed by atoms with Crippen molar-refractivity contribution in [2.45, 2.75) is 50.2 Å². The summed E-state index contributed by atoms with van der Waals surface area (Å²) in [5, 5.41) is 2.44. The molecule has 1 saturated carbocycles. The van der Waals surface area contributed by atoms with Gasteiger partial charge in [0.2, 0.25) is 0 Å². The molecule has 27 heavy (non-hydrogen) atoms. The molecule has 1 aliphatic carbocycles. The molecule has 0 aliphatic heterocycles. The molecule has 0 radical (unpaired) electrons. The Morgan fingerprint density at radius 2 is 1.44 bits per heavy atom. The summed E-state index contributed by atoms with van der Waals surface area (Å²) in [5.74, 6) is 0. The average Bonchev–Trinajstić information content (AvgIpc) is 2.74. The third-order valence-corrected chi connectivity index (χ3v) is 6.38. The van der Waals surface area contributed by atoms with Gasteiger partial charge in [0.15, 0.2) is 0 Å². The van der Waals surface area contributed by atoms with Crippen LogP contribution in [0.2, 0.25) is 0 Å². The van der Waals surface area contributed by atoms with Crippen molar-refractivity contribution in [2.24, 2.45) is 5.73 Å². The van der Waals surface area contributed by atoms with Gasteiger partial charge in [-0.25, -0.2) is 0 Å². The number of hydrogen-bond donors (Lipinski definition) is 1. The Morgan fingerprint density at radius 3 is 2.22 bits per heavy atom. The molecule has 0 aromatic heterocycles. The fourth-order valence-electron chi connectivity index (χ4n) is 4.86. The maximum absolute atomic E-state index is 7.09. The number of fused-ring (bicyclic) bond motifs is 1. The van der Waals surface area contributed by atoms with Crippen molar-refractivity contribution in [3.8, 4) is 0 Å². The van der Waals surface area contributed by atoms with Crippen molar-refractivity contribution in [3.63, 3.8) is 0 Å². The van der Waals surface area contributed by atoms with Crippen LogP contribution in [0.25, 0.3) is 10.8 Å². The second-order valence-corrected chi connectivity index (χ2v) is 8.03. The normalized spacial score (nSPS) is 18.9. The van der Waals surface area contributed by atoms with Crippen LogP contribution in [0.1, 0.15) is 55.7 Å². The summed E-state index contributed by atoms with van der Waals surface area (Å²) in [6.07, 6.45) is 5.82. The maximum atomic E-state index is 7.09. The lowest BCUT2D eigenvalue weighted by Gasteiger charge is -2.41. The molecule has 4 rings (SSSR count). The molecule has 2 N–H and O–H groups in total. The van der Waals surface area contributed by atoms with Gasteiger partial charge in [0, 0.05) is 7.11 Å². The highest BCUT2D eigenvalue weighted by Crippen LogP contribution is 2.45.